The maximum Gasteiger partial charge on any atom is 0.326 e. The standard InChI is InChI=1S/C37H51N9O11/c1-3-19(2)31(37(56)57)46-36(55)27(18-30(41)50)45-35(54)25(15-20-7-5-4-6-8-20)44-34(53)26(16-21-9-11-22(47)12-10-21)43-33(52)24(13-14-28(39)48)42-32(51)23(38)17-29(40)49/h4-12,19,23-27,31,47H,3,13-18,38H2,1-2H3,(H2,39,48)(H2,40,49)(H2,41,50)(H,42,51)(H,43,52)(H,44,53)(H,45,54)(H,46,55)(H,56,57)/t19-,23-,24-,25-,26-,27-,31-/m0/s1. The van der Waals surface area contributed by atoms with E-state index in [9.17, 15) is 53.4 Å². The lowest BCUT2D eigenvalue weighted by Crippen LogP contribution is -2.60. The van der Waals surface area contributed by atoms with Crippen LogP contribution in [0.5, 0.6) is 5.75 Å². The minimum Gasteiger partial charge on any atom is -0.508 e. The Hall–Kier alpha value is -6.57. The van der Waals surface area contributed by atoms with Crippen molar-refractivity contribution in [3.8, 4) is 5.75 Å². The Morgan fingerprint density at radius 1 is 0.596 bits per heavy atom. The van der Waals surface area contributed by atoms with E-state index in [0.717, 1.165) is 0 Å². The number of nitrogens with one attached hydrogen (secondary N) is 5. The summed E-state index contributed by atoms with van der Waals surface area (Å²) in [5.41, 5.74) is 22.5. The minimum absolute atomic E-state index is 0.0988. The number of carbonyl (C=O) groups excluding carboxylic acids is 8. The van der Waals surface area contributed by atoms with E-state index in [-0.39, 0.29) is 31.4 Å². The van der Waals surface area contributed by atoms with E-state index in [0.29, 0.717) is 17.5 Å². The van der Waals surface area contributed by atoms with Gasteiger partial charge in [-0.2, -0.15) is 0 Å². The van der Waals surface area contributed by atoms with Gasteiger partial charge >= 0.3 is 5.97 Å². The van der Waals surface area contributed by atoms with Gasteiger partial charge in [-0.25, -0.2) is 4.79 Å². The second kappa shape index (κ2) is 22.7. The highest BCUT2D eigenvalue weighted by Gasteiger charge is 2.34. The highest BCUT2D eigenvalue weighted by molar-refractivity contribution is 5.98. The monoisotopic (exact) mass is 797 g/mol. The molecule has 15 N–H and O–H groups in total. The molecule has 310 valence electrons. The van der Waals surface area contributed by atoms with Crippen molar-refractivity contribution in [3.63, 3.8) is 0 Å². The molecule has 0 aliphatic heterocycles. The number of aromatic hydroxyl groups is 1. The Bertz CT molecular complexity index is 1760. The van der Waals surface area contributed by atoms with E-state index in [2.05, 4.69) is 26.6 Å². The van der Waals surface area contributed by atoms with Crippen LogP contribution in [-0.4, -0.2) is 99.7 Å². The number of benzene rings is 2. The SMILES string of the molecule is CC[C@H](C)[C@H](NC(=O)[C@H](CC(N)=O)NC(=O)[C@H](Cc1ccccc1)NC(=O)[C@H](Cc1ccc(O)cc1)NC(=O)[C@H](CCC(N)=O)NC(=O)[C@@H](N)CC(N)=O)C(=O)O. The number of phenolic OH excluding ortho intramolecular Hbond substituents is 1. The van der Waals surface area contributed by atoms with Crippen molar-refractivity contribution in [3.05, 3.63) is 65.7 Å². The third-order valence-corrected chi connectivity index (χ3v) is 8.81. The largest absolute Gasteiger partial charge is 0.508 e. The number of aliphatic carboxylic acids is 1. The number of hydrogen-bond acceptors (Lipinski definition) is 11. The normalized spacial score (nSPS) is 14.5. The van der Waals surface area contributed by atoms with Crippen LogP contribution < -0.4 is 49.5 Å². The Morgan fingerprint density at radius 3 is 1.53 bits per heavy atom. The average Bonchev–Trinajstić information content (AvgIpc) is 3.14. The molecule has 0 bridgehead atoms. The zero-order valence-electron chi connectivity index (χ0n) is 31.6. The van der Waals surface area contributed by atoms with E-state index < -0.39 is 108 Å². The summed E-state index contributed by atoms with van der Waals surface area (Å²) in [5, 5.41) is 31.6. The first-order chi connectivity index (χ1) is 26.8. The molecule has 2 aromatic rings. The topological polar surface area (TPSA) is 358 Å². The van der Waals surface area contributed by atoms with Gasteiger partial charge in [-0.1, -0.05) is 62.7 Å². The lowest BCUT2D eigenvalue weighted by Gasteiger charge is -2.27. The van der Waals surface area contributed by atoms with Crippen molar-refractivity contribution in [1.29, 1.82) is 0 Å². The number of phenols is 1. The first-order valence-corrected chi connectivity index (χ1v) is 18.0. The zero-order chi connectivity index (χ0) is 42.8. The van der Waals surface area contributed by atoms with E-state index in [1.54, 1.807) is 44.2 Å². The van der Waals surface area contributed by atoms with Crippen LogP contribution in [0.3, 0.4) is 0 Å². The number of hydrogen-bond donors (Lipinski definition) is 11. The molecule has 0 aliphatic rings. The fourth-order valence-corrected chi connectivity index (χ4v) is 5.44. The van der Waals surface area contributed by atoms with Crippen LogP contribution in [0.2, 0.25) is 0 Å². The molecular weight excluding hydrogens is 746 g/mol. The summed E-state index contributed by atoms with van der Waals surface area (Å²) in [6, 6.07) is 4.95. The van der Waals surface area contributed by atoms with Crippen molar-refractivity contribution in [2.24, 2.45) is 28.9 Å². The Kier molecular flexibility index (Phi) is 18.6. The van der Waals surface area contributed by atoms with E-state index in [4.69, 9.17) is 22.9 Å². The fraction of sp³-hybridized carbons (Fsp3) is 0.432. The van der Waals surface area contributed by atoms with Crippen LogP contribution in [0.25, 0.3) is 0 Å². The van der Waals surface area contributed by atoms with Gasteiger partial charge in [-0.15, -0.1) is 0 Å². The van der Waals surface area contributed by atoms with E-state index in [1.165, 1.54) is 24.3 Å². The third-order valence-electron chi connectivity index (χ3n) is 8.81. The summed E-state index contributed by atoms with van der Waals surface area (Å²) in [6.45, 7) is 3.30. The second-order valence-electron chi connectivity index (χ2n) is 13.5. The van der Waals surface area contributed by atoms with Crippen LogP contribution in [0.4, 0.5) is 0 Å². The van der Waals surface area contributed by atoms with Gasteiger partial charge in [-0.3, -0.25) is 38.4 Å². The summed E-state index contributed by atoms with van der Waals surface area (Å²) in [6.07, 6.45) is -2.06. The molecule has 0 unspecified atom stereocenters. The quantitative estimate of drug-likeness (QED) is 0.0509. The highest BCUT2D eigenvalue weighted by Crippen LogP contribution is 2.14. The van der Waals surface area contributed by atoms with Gasteiger partial charge in [0.05, 0.1) is 18.9 Å². The molecule has 0 aromatic heterocycles. The van der Waals surface area contributed by atoms with Crippen LogP contribution in [0.1, 0.15) is 57.1 Å². The predicted molar refractivity (Wildman–Crippen MR) is 203 cm³/mol. The molecule has 57 heavy (non-hydrogen) atoms. The van der Waals surface area contributed by atoms with Gasteiger partial charge < -0.3 is 59.7 Å². The summed E-state index contributed by atoms with van der Waals surface area (Å²) < 4.78 is 0. The molecule has 0 aliphatic carbocycles. The van der Waals surface area contributed by atoms with Gasteiger partial charge in [0, 0.05) is 19.3 Å². The lowest BCUT2D eigenvalue weighted by molar-refractivity contribution is -0.144. The summed E-state index contributed by atoms with van der Waals surface area (Å²) in [7, 11) is 0. The summed E-state index contributed by atoms with van der Waals surface area (Å²) in [4.78, 5) is 115. The van der Waals surface area contributed by atoms with Gasteiger partial charge in [0.25, 0.3) is 0 Å². The second-order valence-corrected chi connectivity index (χ2v) is 13.5. The predicted octanol–water partition coefficient (Wildman–Crippen LogP) is -2.92. The molecule has 0 fully saturated rings. The van der Waals surface area contributed by atoms with Gasteiger partial charge in [0.15, 0.2) is 0 Å². The number of nitrogens with two attached hydrogens (primary N) is 4. The molecule has 0 saturated heterocycles. The molecule has 20 nitrogen and oxygen atoms in total. The molecule has 20 heteroatoms. The molecule has 2 aromatic carbocycles. The van der Waals surface area contributed by atoms with Crippen LogP contribution in [-0.2, 0) is 56.0 Å². The molecule has 8 amide bonds. The molecule has 7 atom stereocenters. The molecular formula is C37H51N9O11. The summed E-state index contributed by atoms with van der Waals surface area (Å²) in [5.74, 6) is -9.58. The number of rotatable bonds is 24. The van der Waals surface area contributed by atoms with Crippen LogP contribution in [0, 0.1) is 5.92 Å². The van der Waals surface area contributed by atoms with Crippen LogP contribution in [0.15, 0.2) is 54.6 Å². The highest BCUT2D eigenvalue weighted by atomic mass is 16.4. The number of carboxylic acids is 1. The molecule has 0 heterocycles. The fourth-order valence-electron chi connectivity index (χ4n) is 5.44. The van der Waals surface area contributed by atoms with Crippen molar-refractivity contribution < 1.29 is 53.4 Å². The average molecular weight is 798 g/mol. The smallest absolute Gasteiger partial charge is 0.326 e. The molecule has 0 saturated carbocycles. The molecule has 2 rings (SSSR count). The Morgan fingerprint density at radius 2 is 1.05 bits per heavy atom. The summed E-state index contributed by atoms with van der Waals surface area (Å²) >= 11 is 0. The van der Waals surface area contributed by atoms with E-state index >= 15 is 0 Å². The number of amides is 8. The van der Waals surface area contributed by atoms with Gasteiger partial charge in [-0.05, 0) is 35.6 Å². The van der Waals surface area contributed by atoms with Crippen LogP contribution >= 0.6 is 0 Å². The van der Waals surface area contributed by atoms with Crippen molar-refractivity contribution in [1.82, 2.24) is 26.6 Å². The maximum absolute atomic E-state index is 14.1. The zero-order valence-corrected chi connectivity index (χ0v) is 31.6. The van der Waals surface area contributed by atoms with Crippen molar-refractivity contribution in [2.45, 2.75) is 95.0 Å². The number of primary amides is 3. The first kappa shape index (κ1) is 46.6. The third kappa shape index (κ3) is 16.4. The Balaban J connectivity index is 2.50. The van der Waals surface area contributed by atoms with Gasteiger partial charge in [0.1, 0.15) is 36.0 Å². The minimum atomic E-state index is -1.65. The number of carbonyl (C=O) groups is 9. The van der Waals surface area contributed by atoms with Crippen molar-refractivity contribution >= 4 is 53.2 Å². The Labute approximate surface area is 328 Å². The molecule has 0 spiro atoms. The lowest BCUT2D eigenvalue weighted by atomic mass is 9.98. The first-order valence-electron chi connectivity index (χ1n) is 18.0. The van der Waals surface area contributed by atoms with Crippen molar-refractivity contribution in [2.75, 3.05) is 0 Å². The van der Waals surface area contributed by atoms with Gasteiger partial charge in [0.2, 0.25) is 47.3 Å². The maximum atomic E-state index is 14.1. The van der Waals surface area contributed by atoms with E-state index in [1.807, 2.05) is 0 Å². The molecule has 0 radical (unpaired) electrons. The number of carboxylic acid groups (broad SMARTS) is 1.